The molecule has 0 amide bonds. The molecule has 0 aliphatic carbocycles. The van der Waals surface area contributed by atoms with E-state index in [-0.39, 0.29) is 49.5 Å². The van der Waals surface area contributed by atoms with Gasteiger partial charge in [0, 0.05) is 29.9 Å². The summed E-state index contributed by atoms with van der Waals surface area (Å²) in [6, 6.07) is 13.7. The molecule has 0 saturated carbocycles. The van der Waals surface area contributed by atoms with Crippen LogP contribution in [-0.4, -0.2) is 70.1 Å². The lowest BCUT2D eigenvalue weighted by molar-refractivity contribution is -0.160. The van der Waals surface area contributed by atoms with Gasteiger partial charge in [0.25, 0.3) is 0 Å². The highest BCUT2D eigenvalue weighted by Crippen LogP contribution is 2.32. The molecule has 1 N–H and O–H groups in total. The van der Waals surface area contributed by atoms with E-state index in [1.54, 1.807) is 18.2 Å². The van der Waals surface area contributed by atoms with E-state index >= 15 is 0 Å². The van der Waals surface area contributed by atoms with Crippen molar-refractivity contribution in [2.45, 2.75) is 23.5 Å². The van der Waals surface area contributed by atoms with Gasteiger partial charge in [-0.1, -0.05) is 40.7 Å². The molecule has 3 rings (SSSR count). The van der Waals surface area contributed by atoms with Gasteiger partial charge in [0.05, 0.1) is 25.2 Å². The lowest BCUT2D eigenvalue weighted by Crippen LogP contribution is -2.37. The molecule has 37 heavy (non-hydrogen) atoms. The van der Waals surface area contributed by atoms with Crippen LogP contribution in [0, 0.1) is 0 Å². The van der Waals surface area contributed by atoms with Crippen LogP contribution in [0.4, 0.5) is 0 Å². The lowest BCUT2D eigenvalue weighted by Gasteiger charge is -2.30. The third-order valence-electron chi connectivity index (χ3n) is 5.58. The van der Waals surface area contributed by atoms with E-state index in [0.29, 0.717) is 12.2 Å². The number of benzene rings is 2. The van der Waals surface area contributed by atoms with E-state index in [1.807, 2.05) is 24.3 Å². The van der Waals surface area contributed by atoms with Gasteiger partial charge in [-0.15, -0.1) is 0 Å². The highest BCUT2D eigenvalue weighted by Gasteiger charge is 2.30. The van der Waals surface area contributed by atoms with Gasteiger partial charge in [-0.3, -0.25) is 0 Å². The number of hydrogen-bond donors (Lipinski definition) is 1. The minimum Gasteiger partial charge on any atom is -0.497 e. The molecule has 2 aromatic carbocycles. The molecule has 0 radical (unpaired) electrons. The lowest BCUT2D eigenvalue weighted by atomic mass is 9.93. The van der Waals surface area contributed by atoms with Crippen LogP contribution in [0.5, 0.6) is 5.75 Å². The standard InChI is InChI=1S/C26H30BrNO8S/c1-3-15-35-26(30)24-17-20(19-4-6-21(27)7-5-19)18-25(36-24)34-16-13-28(12-14-29)37(31,32)23-10-8-22(33-2)9-11-23/h3-11,17,20,25,29H,1,12-16,18H2,2H3/t20-,25+/m1/s1. The number of hydrogen-bond acceptors (Lipinski definition) is 8. The van der Waals surface area contributed by atoms with Gasteiger partial charge >= 0.3 is 5.97 Å². The van der Waals surface area contributed by atoms with Crippen molar-refractivity contribution in [3.05, 3.63) is 83.1 Å². The van der Waals surface area contributed by atoms with Crippen molar-refractivity contribution < 1.29 is 37.3 Å². The maximum absolute atomic E-state index is 13.1. The summed E-state index contributed by atoms with van der Waals surface area (Å²) in [5, 5.41) is 9.46. The van der Waals surface area contributed by atoms with Crippen molar-refractivity contribution in [2.75, 3.05) is 40.0 Å². The van der Waals surface area contributed by atoms with Crippen LogP contribution in [0.1, 0.15) is 17.9 Å². The number of ether oxygens (including phenoxy) is 4. The molecule has 200 valence electrons. The molecular weight excluding hydrogens is 566 g/mol. The van der Waals surface area contributed by atoms with Crippen molar-refractivity contribution in [1.29, 1.82) is 0 Å². The number of methoxy groups -OCH3 is 1. The third-order valence-corrected chi connectivity index (χ3v) is 8.02. The Balaban J connectivity index is 1.71. The predicted octanol–water partition coefficient (Wildman–Crippen LogP) is 3.60. The number of nitrogens with zero attached hydrogens (tertiary/aromatic N) is 1. The summed E-state index contributed by atoms with van der Waals surface area (Å²) in [4.78, 5) is 12.6. The maximum Gasteiger partial charge on any atom is 0.373 e. The smallest absolute Gasteiger partial charge is 0.373 e. The van der Waals surface area contributed by atoms with E-state index in [9.17, 15) is 18.3 Å². The molecule has 11 heteroatoms. The molecular formula is C26H30BrNO8S. The molecule has 0 aromatic heterocycles. The van der Waals surface area contributed by atoms with Gasteiger partial charge in [-0.25, -0.2) is 13.2 Å². The number of aliphatic hydroxyl groups is 1. The second-order valence-electron chi connectivity index (χ2n) is 8.03. The van der Waals surface area contributed by atoms with Crippen molar-refractivity contribution in [3.63, 3.8) is 0 Å². The topological polar surface area (TPSA) is 112 Å². The molecule has 0 unspecified atom stereocenters. The van der Waals surface area contributed by atoms with E-state index in [0.717, 1.165) is 14.3 Å². The zero-order chi connectivity index (χ0) is 26.8. The van der Waals surface area contributed by atoms with Gasteiger partial charge in [-0.2, -0.15) is 4.31 Å². The molecule has 0 fully saturated rings. The highest BCUT2D eigenvalue weighted by molar-refractivity contribution is 9.10. The maximum atomic E-state index is 13.1. The molecule has 1 aliphatic rings. The van der Waals surface area contributed by atoms with Crippen molar-refractivity contribution in [2.24, 2.45) is 0 Å². The zero-order valence-electron chi connectivity index (χ0n) is 20.4. The van der Waals surface area contributed by atoms with Crippen LogP contribution in [-0.2, 0) is 29.0 Å². The summed E-state index contributed by atoms with van der Waals surface area (Å²) >= 11 is 3.42. The fourth-order valence-corrected chi connectivity index (χ4v) is 5.38. The van der Waals surface area contributed by atoms with Crippen LogP contribution in [0.15, 0.2) is 82.4 Å². The largest absolute Gasteiger partial charge is 0.497 e. The second kappa shape index (κ2) is 13.7. The minimum atomic E-state index is -3.89. The van der Waals surface area contributed by atoms with Gasteiger partial charge in [0.2, 0.25) is 22.1 Å². The average Bonchev–Trinajstić information content (AvgIpc) is 2.91. The first kappa shape index (κ1) is 28.9. The Labute approximate surface area is 225 Å². The molecule has 2 atom stereocenters. The Hall–Kier alpha value is -2.70. The predicted molar refractivity (Wildman–Crippen MR) is 140 cm³/mol. The van der Waals surface area contributed by atoms with Gasteiger partial charge in [0.1, 0.15) is 12.4 Å². The summed E-state index contributed by atoms with van der Waals surface area (Å²) in [6.07, 6.45) is 2.75. The third kappa shape index (κ3) is 7.89. The zero-order valence-corrected chi connectivity index (χ0v) is 22.8. The number of rotatable bonds is 13. The molecule has 0 bridgehead atoms. The first-order valence-corrected chi connectivity index (χ1v) is 13.8. The van der Waals surface area contributed by atoms with Crippen LogP contribution in [0.3, 0.4) is 0 Å². The first-order valence-electron chi connectivity index (χ1n) is 11.6. The van der Waals surface area contributed by atoms with Crippen LogP contribution >= 0.6 is 15.9 Å². The second-order valence-corrected chi connectivity index (χ2v) is 10.9. The van der Waals surface area contributed by atoms with Crippen LogP contribution < -0.4 is 4.74 Å². The van der Waals surface area contributed by atoms with E-state index < -0.39 is 22.3 Å². The summed E-state index contributed by atoms with van der Waals surface area (Å²) in [5.41, 5.74) is 0.957. The number of carbonyl (C=O) groups is 1. The molecule has 1 heterocycles. The van der Waals surface area contributed by atoms with Gasteiger partial charge in [-0.05, 0) is 48.0 Å². The average molecular weight is 596 g/mol. The summed E-state index contributed by atoms with van der Waals surface area (Å²) in [7, 11) is -2.39. The van der Waals surface area contributed by atoms with Crippen molar-refractivity contribution in [1.82, 2.24) is 4.31 Å². The van der Waals surface area contributed by atoms with Crippen LogP contribution in [0.2, 0.25) is 0 Å². The molecule has 1 aliphatic heterocycles. The van der Waals surface area contributed by atoms with E-state index in [2.05, 4.69) is 22.5 Å². The Morgan fingerprint density at radius 2 is 1.89 bits per heavy atom. The van der Waals surface area contributed by atoms with E-state index in [4.69, 9.17) is 18.9 Å². The number of aliphatic hydroxyl groups excluding tert-OH is 1. The molecule has 0 spiro atoms. The number of sulfonamides is 1. The Kier molecular flexibility index (Phi) is 10.7. The Morgan fingerprint density at radius 1 is 1.19 bits per heavy atom. The molecule has 2 aromatic rings. The first-order chi connectivity index (χ1) is 17.8. The normalized spacial score (nSPS) is 17.6. The van der Waals surface area contributed by atoms with Gasteiger partial charge in [0.15, 0.2) is 0 Å². The fourth-order valence-electron chi connectivity index (χ4n) is 3.70. The van der Waals surface area contributed by atoms with Crippen molar-refractivity contribution >= 4 is 31.9 Å². The minimum absolute atomic E-state index is 0.0177. The number of halogens is 1. The molecule has 0 saturated heterocycles. The molecule has 9 nitrogen and oxygen atoms in total. The summed E-state index contributed by atoms with van der Waals surface area (Å²) in [6.45, 7) is 3.06. The highest BCUT2D eigenvalue weighted by atomic mass is 79.9. The fraction of sp³-hybridized carbons (Fsp3) is 0.346. The summed E-state index contributed by atoms with van der Waals surface area (Å²) in [5.74, 6) is -0.278. The SMILES string of the molecule is C=CCOC(=O)C1=C[C@@H](c2ccc(Br)cc2)C[C@@H](OCCN(CCO)S(=O)(=O)c2ccc(OC)cc2)O1. The van der Waals surface area contributed by atoms with Gasteiger partial charge < -0.3 is 24.1 Å². The summed E-state index contributed by atoms with van der Waals surface area (Å²) < 4.78 is 50.1. The van der Waals surface area contributed by atoms with E-state index in [1.165, 1.54) is 25.3 Å². The Morgan fingerprint density at radius 3 is 2.51 bits per heavy atom. The monoisotopic (exact) mass is 595 g/mol. The van der Waals surface area contributed by atoms with Crippen molar-refractivity contribution in [3.8, 4) is 5.75 Å². The number of allylic oxidation sites excluding steroid dienone is 1. The van der Waals surface area contributed by atoms with Crippen LogP contribution in [0.25, 0.3) is 0 Å². The number of esters is 1. The number of carbonyl (C=O) groups excluding carboxylic acids is 1. The quantitative estimate of drug-likeness (QED) is 0.276. The Bertz CT molecular complexity index is 1180.